The fourth-order valence-electron chi connectivity index (χ4n) is 2.05. The van der Waals surface area contributed by atoms with E-state index in [0.29, 0.717) is 6.10 Å². The van der Waals surface area contributed by atoms with Crippen LogP contribution in [0.1, 0.15) is 44.2 Å². The van der Waals surface area contributed by atoms with Crippen molar-refractivity contribution in [3.63, 3.8) is 0 Å². The Morgan fingerprint density at radius 2 is 2.12 bits per heavy atom. The molecule has 0 spiro atoms. The molecular weight excluding hydrogens is 222 g/mol. The molecular formula is C13H18ClNO. The maximum absolute atomic E-state index is 5.95. The number of halogens is 1. The third kappa shape index (κ3) is 3.21. The Hall–Kier alpha value is -0.570. The molecule has 88 valence electrons. The second-order valence-corrected chi connectivity index (χ2v) is 4.86. The van der Waals surface area contributed by atoms with Gasteiger partial charge in [-0.25, -0.2) is 0 Å². The minimum absolute atomic E-state index is 0.180. The van der Waals surface area contributed by atoms with E-state index in [2.05, 4.69) is 18.5 Å². The van der Waals surface area contributed by atoms with E-state index in [4.69, 9.17) is 16.4 Å². The highest BCUT2D eigenvalue weighted by molar-refractivity contribution is 6.30. The zero-order chi connectivity index (χ0) is 11.4. The average molecular weight is 240 g/mol. The van der Waals surface area contributed by atoms with E-state index in [1.807, 2.05) is 18.2 Å². The van der Waals surface area contributed by atoms with Gasteiger partial charge >= 0.3 is 0 Å². The zero-order valence-corrected chi connectivity index (χ0v) is 10.3. The summed E-state index contributed by atoms with van der Waals surface area (Å²) in [6, 6.07) is 8.05. The lowest BCUT2D eigenvalue weighted by Gasteiger charge is -2.17. The normalized spacial score (nSPS) is 18.9. The lowest BCUT2D eigenvalue weighted by Crippen LogP contribution is -2.24. The summed E-state index contributed by atoms with van der Waals surface area (Å²) in [5.74, 6) is 0. The number of hydrogen-bond acceptors (Lipinski definition) is 2. The van der Waals surface area contributed by atoms with E-state index in [0.717, 1.165) is 10.6 Å². The molecule has 1 saturated carbocycles. The smallest absolute Gasteiger partial charge is 0.0790 e. The summed E-state index contributed by atoms with van der Waals surface area (Å²) >= 11 is 5.95. The van der Waals surface area contributed by atoms with Gasteiger partial charge in [-0.3, -0.25) is 4.84 Å². The number of rotatable bonds is 4. The summed E-state index contributed by atoms with van der Waals surface area (Å²) in [7, 11) is 0. The molecule has 2 nitrogen and oxygen atoms in total. The Bertz CT molecular complexity index is 336. The highest BCUT2D eigenvalue weighted by Gasteiger charge is 2.16. The molecule has 0 radical (unpaired) electrons. The van der Waals surface area contributed by atoms with Gasteiger partial charge in [0.15, 0.2) is 0 Å². The summed E-state index contributed by atoms with van der Waals surface area (Å²) in [5.41, 5.74) is 4.27. The zero-order valence-electron chi connectivity index (χ0n) is 9.58. The van der Waals surface area contributed by atoms with Gasteiger partial charge in [0.2, 0.25) is 0 Å². The predicted molar refractivity (Wildman–Crippen MR) is 66.3 cm³/mol. The quantitative estimate of drug-likeness (QED) is 0.806. The van der Waals surface area contributed by atoms with E-state index < -0.39 is 0 Å². The molecule has 1 aromatic carbocycles. The molecule has 0 saturated heterocycles. The lowest BCUT2D eigenvalue weighted by atomic mass is 10.1. The maximum Gasteiger partial charge on any atom is 0.0790 e. The molecule has 16 heavy (non-hydrogen) atoms. The molecule has 1 atom stereocenters. The van der Waals surface area contributed by atoms with Crippen LogP contribution in [0.25, 0.3) is 0 Å². The molecule has 0 heterocycles. The Morgan fingerprint density at radius 3 is 2.81 bits per heavy atom. The minimum Gasteiger partial charge on any atom is -0.298 e. The lowest BCUT2D eigenvalue weighted by molar-refractivity contribution is -0.0376. The molecule has 1 fully saturated rings. The standard InChI is InChI=1S/C13H18ClNO/c1-10(11-5-4-6-12(14)9-11)15-16-13-7-2-3-8-13/h4-6,9-10,13,15H,2-3,7-8H2,1H3. The molecule has 1 aromatic rings. The number of hydrogen-bond donors (Lipinski definition) is 1. The molecule has 1 aliphatic carbocycles. The molecule has 1 unspecified atom stereocenters. The van der Waals surface area contributed by atoms with Crippen LogP contribution < -0.4 is 5.48 Å². The van der Waals surface area contributed by atoms with Crippen LogP contribution in [0, 0.1) is 0 Å². The first-order chi connectivity index (χ1) is 7.75. The van der Waals surface area contributed by atoms with Crippen molar-refractivity contribution in [2.75, 3.05) is 0 Å². The van der Waals surface area contributed by atoms with Gasteiger partial charge in [0.25, 0.3) is 0 Å². The average Bonchev–Trinajstić information content (AvgIpc) is 2.78. The van der Waals surface area contributed by atoms with E-state index in [1.165, 1.54) is 25.7 Å². The molecule has 0 aromatic heterocycles. The molecule has 2 rings (SSSR count). The Morgan fingerprint density at radius 1 is 1.38 bits per heavy atom. The van der Waals surface area contributed by atoms with Gasteiger partial charge in [0, 0.05) is 5.02 Å². The van der Waals surface area contributed by atoms with Gasteiger partial charge in [0.05, 0.1) is 12.1 Å². The predicted octanol–water partition coefficient (Wildman–Crippen LogP) is 3.86. The fourth-order valence-corrected chi connectivity index (χ4v) is 2.25. The summed E-state index contributed by atoms with van der Waals surface area (Å²) in [5, 5.41) is 0.770. The molecule has 3 heteroatoms. The highest BCUT2D eigenvalue weighted by Crippen LogP contribution is 2.22. The van der Waals surface area contributed by atoms with Crippen molar-refractivity contribution in [1.82, 2.24) is 5.48 Å². The minimum atomic E-state index is 0.180. The summed E-state index contributed by atoms with van der Waals surface area (Å²) in [6.45, 7) is 2.08. The third-order valence-electron chi connectivity index (χ3n) is 3.06. The SMILES string of the molecule is CC(NOC1CCCC1)c1cccc(Cl)c1. The summed E-state index contributed by atoms with van der Waals surface area (Å²) < 4.78 is 0. The largest absolute Gasteiger partial charge is 0.298 e. The van der Waals surface area contributed by atoms with Crippen molar-refractivity contribution in [1.29, 1.82) is 0 Å². The van der Waals surface area contributed by atoms with Crippen LogP contribution in [-0.4, -0.2) is 6.10 Å². The van der Waals surface area contributed by atoms with Crippen LogP contribution in [0.5, 0.6) is 0 Å². The first kappa shape index (κ1) is 11.9. The van der Waals surface area contributed by atoms with Crippen molar-refractivity contribution in [3.05, 3.63) is 34.9 Å². The van der Waals surface area contributed by atoms with Crippen LogP contribution in [0.15, 0.2) is 24.3 Å². The topological polar surface area (TPSA) is 21.3 Å². The summed E-state index contributed by atoms with van der Waals surface area (Å²) in [4.78, 5) is 5.67. The Balaban J connectivity index is 1.85. The van der Waals surface area contributed by atoms with Crippen LogP contribution in [0.4, 0.5) is 0 Å². The Labute approximate surface area is 102 Å². The molecule has 0 bridgehead atoms. The van der Waals surface area contributed by atoms with E-state index >= 15 is 0 Å². The van der Waals surface area contributed by atoms with Gasteiger partial charge in [0.1, 0.15) is 0 Å². The van der Waals surface area contributed by atoms with E-state index in [-0.39, 0.29) is 6.04 Å². The van der Waals surface area contributed by atoms with Crippen molar-refractivity contribution >= 4 is 11.6 Å². The monoisotopic (exact) mass is 239 g/mol. The molecule has 1 aliphatic rings. The van der Waals surface area contributed by atoms with Crippen molar-refractivity contribution in [2.45, 2.75) is 44.8 Å². The second kappa shape index (κ2) is 5.67. The number of benzene rings is 1. The van der Waals surface area contributed by atoms with E-state index in [1.54, 1.807) is 0 Å². The molecule has 0 amide bonds. The van der Waals surface area contributed by atoms with Crippen molar-refractivity contribution < 1.29 is 4.84 Å². The van der Waals surface area contributed by atoms with Gasteiger partial charge in [-0.1, -0.05) is 36.6 Å². The maximum atomic E-state index is 5.95. The van der Waals surface area contributed by atoms with Crippen LogP contribution in [-0.2, 0) is 4.84 Å². The fraction of sp³-hybridized carbons (Fsp3) is 0.538. The van der Waals surface area contributed by atoms with Crippen molar-refractivity contribution in [3.8, 4) is 0 Å². The molecule has 1 N–H and O–H groups in total. The van der Waals surface area contributed by atoms with Gasteiger partial charge in [-0.2, -0.15) is 5.48 Å². The first-order valence-corrected chi connectivity index (χ1v) is 6.30. The van der Waals surface area contributed by atoms with Gasteiger partial charge in [-0.15, -0.1) is 0 Å². The first-order valence-electron chi connectivity index (χ1n) is 5.92. The number of nitrogens with one attached hydrogen (secondary N) is 1. The third-order valence-corrected chi connectivity index (χ3v) is 3.30. The Kier molecular flexibility index (Phi) is 4.22. The molecule has 0 aliphatic heterocycles. The van der Waals surface area contributed by atoms with Crippen molar-refractivity contribution in [2.24, 2.45) is 0 Å². The van der Waals surface area contributed by atoms with Gasteiger partial charge in [-0.05, 0) is 37.5 Å². The van der Waals surface area contributed by atoms with Crippen LogP contribution in [0.3, 0.4) is 0 Å². The van der Waals surface area contributed by atoms with Crippen LogP contribution >= 0.6 is 11.6 Å². The van der Waals surface area contributed by atoms with E-state index in [9.17, 15) is 0 Å². The van der Waals surface area contributed by atoms with Gasteiger partial charge < -0.3 is 0 Å². The van der Waals surface area contributed by atoms with Crippen LogP contribution in [0.2, 0.25) is 5.02 Å². The number of hydroxylamine groups is 1. The second-order valence-electron chi connectivity index (χ2n) is 4.42. The summed E-state index contributed by atoms with van der Waals surface area (Å²) in [6.07, 6.45) is 5.32. The highest BCUT2D eigenvalue weighted by atomic mass is 35.5.